The predicted molar refractivity (Wildman–Crippen MR) is 92.3 cm³/mol. The summed E-state index contributed by atoms with van der Waals surface area (Å²) in [6.07, 6.45) is 3.18. The standard InChI is InChI=1S/C14H16BrCl2NO4S/c1-22-13(19)14(5-3-2-4-6-14)18-23(20,21)12-10(16)7-9(15)8-11(12)17/h7-8,18H,2-6H2,1H3. The van der Waals surface area contributed by atoms with E-state index in [0.717, 1.165) is 19.3 Å². The molecule has 1 fully saturated rings. The fourth-order valence-corrected chi connectivity index (χ4v) is 6.15. The molecule has 1 N–H and O–H groups in total. The molecule has 9 heteroatoms. The molecule has 5 nitrogen and oxygen atoms in total. The van der Waals surface area contributed by atoms with Gasteiger partial charge in [-0.3, -0.25) is 4.79 Å². The second-order valence-corrected chi connectivity index (χ2v) is 8.79. The van der Waals surface area contributed by atoms with Crippen molar-refractivity contribution in [2.45, 2.75) is 42.5 Å². The largest absolute Gasteiger partial charge is 0.468 e. The molecule has 0 bridgehead atoms. The summed E-state index contributed by atoms with van der Waals surface area (Å²) >= 11 is 15.3. The number of carbonyl (C=O) groups excluding carboxylic acids is 1. The molecule has 0 unspecified atom stereocenters. The van der Waals surface area contributed by atoms with Crippen LogP contribution in [0, 0.1) is 0 Å². The van der Waals surface area contributed by atoms with Crippen LogP contribution < -0.4 is 4.72 Å². The highest BCUT2D eigenvalue weighted by Crippen LogP contribution is 2.36. The maximum atomic E-state index is 12.8. The molecule has 0 saturated heterocycles. The van der Waals surface area contributed by atoms with Crippen molar-refractivity contribution in [3.05, 3.63) is 26.7 Å². The van der Waals surface area contributed by atoms with Crippen LogP contribution >= 0.6 is 39.1 Å². The second kappa shape index (κ2) is 7.27. The van der Waals surface area contributed by atoms with Crippen LogP contribution in [0.4, 0.5) is 0 Å². The van der Waals surface area contributed by atoms with Gasteiger partial charge in [0.15, 0.2) is 0 Å². The molecule has 1 aromatic rings. The zero-order valence-corrected chi connectivity index (χ0v) is 16.3. The first-order valence-electron chi connectivity index (χ1n) is 6.99. The Hall–Kier alpha value is -0.340. The normalized spacial score (nSPS) is 17.7. The first-order valence-corrected chi connectivity index (χ1v) is 10.0. The topological polar surface area (TPSA) is 72.5 Å². The Bertz CT molecular complexity index is 694. The number of nitrogens with one attached hydrogen (secondary N) is 1. The van der Waals surface area contributed by atoms with E-state index in [1.54, 1.807) is 0 Å². The maximum Gasteiger partial charge on any atom is 0.327 e. The van der Waals surface area contributed by atoms with Gasteiger partial charge in [0.25, 0.3) is 0 Å². The molecule has 0 spiro atoms. The molecule has 1 aliphatic carbocycles. The molecule has 0 amide bonds. The monoisotopic (exact) mass is 443 g/mol. The van der Waals surface area contributed by atoms with Crippen molar-refractivity contribution >= 4 is 55.1 Å². The smallest absolute Gasteiger partial charge is 0.327 e. The SMILES string of the molecule is COC(=O)C1(NS(=O)(=O)c2c(Cl)cc(Br)cc2Cl)CCCCC1. The van der Waals surface area contributed by atoms with E-state index in [0.29, 0.717) is 17.3 Å². The molecular weight excluding hydrogens is 429 g/mol. The molecule has 2 rings (SSSR count). The highest BCUT2D eigenvalue weighted by molar-refractivity contribution is 9.10. The number of halogens is 3. The average molecular weight is 445 g/mol. The Labute approximate surface area is 153 Å². The van der Waals surface area contributed by atoms with Crippen LogP contribution in [0.1, 0.15) is 32.1 Å². The highest BCUT2D eigenvalue weighted by atomic mass is 79.9. The van der Waals surface area contributed by atoms with Gasteiger partial charge in [0.2, 0.25) is 10.0 Å². The Morgan fingerprint density at radius 3 is 2.22 bits per heavy atom. The first kappa shape index (κ1) is 19.0. The molecule has 1 saturated carbocycles. The zero-order chi connectivity index (χ0) is 17.3. The van der Waals surface area contributed by atoms with E-state index in [2.05, 4.69) is 20.7 Å². The van der Waals surface area contributed by atoms with Crippen molar-refractivity contribution in [1.82, 2.24) is 4.72 Å². The van der Waals surface area contributed by atoms with Gasteiger partial charge < -0.3 is 4.74 Å². The highest BCUT2D eigenvalue weighted by Gasteiger charge is 2.44. The minimum atomic E-state index is -4.09. The molecular formula is C14H16BrCl2NO4S. The minimum absolute atomic E-state index is 0.0206. The van der Waals surface area contributed by atoms with Crippen molar-refractivity contribution in [3.63, 3.8) is 0 Å². The number of ether oxygens (including phenoxy) is 1. The lowest BCUT2D eigenvalue weighted by Gasteiger charge is -2.35. The van der Waals surface area contributed by atoms with E-state index in [4.69, 9.17) is 27.9 Å². The number of benzene rings is 1. The Kier molecular flexibility index (Phi) is 6.00. The Morgan fingerprint density at radius 2 is 1.74 bits per heavy atom. The lowest BCUT2D eigenvalue weighted by molar-refractivity contribution is -0.149. The van der Waals surface area contributed by atoms with E-state index in [9.17, 15) is 13.2 Å². The predicted octanol–water partition coefficient (Wildman–Crippen LogP) is 3.91. The van der Waals surface area contributed by atoms with Gasteiger partial charge in [-0.25, -0.2) is 8.42 Å². The fourth-order valence-electron chi connectivity index (χ4n) is 2.79. The number of methoxy groups -OCH3 is 1. The summed E-state index contributed by atoms with van der Waals surface area (Å²) in [4.78, 5) is 12.0. The number of carbonyl (C=O) groups is 1. The molecule has 0 aliphatic heterocycles. The molecule has 0 aromatic heterocycles. The summed E-state index contributed by atoms with van der Waals surface area (Å²) in [5.74, 6) is -0.592. The van der Waals surface area contributed by atoms with Crippen LogP contribution in [-0.2, 0) is 19.6 Å². The van der Waals surface area contributed by atoms with Crippen LogP contribution in [0.5, 0.6) is 0 Å². The van der Waals surface area contributed by atoms with Gasteiger partial charge in [0, 0.05) is 4.47 Å². The summed E-state index contributed by atoms with van der Waals surface area (Å²) in [6.45, 7) is 0. The second-order valence-electron chi connectivity index (χ2n) is 5.44. The van der Waals surface area contributed by atoms with Crippen LogP contribution in [-0.4, -0.2) is 27.0 Å². The van der Waals surface area contributed by atoms with Crippen LogP contribution in [0.25, 0.3) is 0 Å². The summed E-state index contributed by atoms with van der Waals surface area (Å²) in [6, 6.07) is 2.88. The summed E-state index contributed by atoms with van der Waals surface area (Å²) < 4.78 is 33.4. The van der Waals surface area contributed by atoms with E-state index in [-0.39, 0.29) is 14.9 Å². The Balaban J connectivity index is 2.45. The van der Waals surface area contributed by atoms with Gasteiger partial charge in [0.1, 0.15) is 10.4 Å². The van der Waals surface area contributed by atoms with E-state index in [1.165, 1.54) is 19.2 Å². The van der Waals surface area contributed by atoms with Gasteiger partial charge in [-0.15, -0.1) is 0 Å². The van der Waals surface area contributed by atoms with Crippen LogP contribution in [0.3, 0.4) is 0 Å². The van der Waals surface area contributed by atoms with Crippen molar-refractivity contribution in [1.29, 1.82) is 0 Å². The third kappa shape index (κ3) is 4.02. The molecule has 0 radical (unpaired) electrons. The average Bonchev–Trinajstić information content (AvgIpc) is 2.45. The summed E-state index contributed by atoms with van der Waals surface area (Å²) in [5, 5.41) is -0.0413. The third-order valence-corrected chi connectivity index (χ3v) is 6.76. The van der Waals surface area contributed by atoms with Gasteiger partial charge in [-0.2, -0.15) is 4.72 Å². The van der Waals surface area contributed by atoms with E-state index in [1.807, 2.05) is 0 Å². The van der Waals surface area contributed by atoms with Crippen molar-refractivity contribution in [2.24, 2.45) is 0 Å². The van der Waals surface area contributed by atoms with Gasteiger partial charge in [0.05, 0.1) is 17.2 Å². The third-order valence-electron chi connectivity index (χ3n) is 3.84. The molecule has 128 valence electrons. The summed E-state index contributed by atoms with van der Waals surface area (Å²) in [7, 11) is -2.84. The molecule has 23 heavy (non-hydrogen) atoms. The zero-order valence-electron chi connectivity index (χ0n) is 12.4. The Morgan fingerprint density at radius 1 is 1.22 bits per heavy atom. The fraction of sp³-hybridized carbons (Fsp3) is 0.500. The lowest BCUT2D eigenvalue weighted by Crippen LogP contribution is -2.56. The van der Waals surface area contributed by atoms with E-state index >= 15 is 0 Å². The van der Waals surface area contributed by atoms with Gasteiger partial charge in [-0.05, 0) is 25.0 Å². The quantitative estimate of drug-likeness (QED) is 0.714. The van der Waals surface area contributed by atoms with Crippen molar-refractivity contribution < 1.29 is 17.9 Å². The van der Waals surface area contributed by atoms with E-state index < -0.39 is 21.5 Å². The number of rotatable bonds is 4. The molecule has 1 aliphatic rings. The summed E-state index contributed by atoms with van der Waals surface area (Å²) in [5.41, 5.74) is -1.27. The molecule has 0 heterocycles. The lowest BCUT2D eigenvalue weighted by atomic mass is 9.83. The number of hydrogen-bond acceptors (Lipinski definition) is 4. The molecule has 0 atom stereocenters. The van der Waals surface area contributed by atoms with Gasteiger partial charge in [-0.1, -0.05) is 58.4 Å². The van der Waals surface area contributed by atoms with Gasteiger partial charge >= 0.3 is 5.97 Å². The van der Waals surface area contributed by atoms with Crippen LogP contribution in [0.15, 0.2) is 21.5 Å². The first-order chi connectivity index (χ1) is 10.7. The number of sulfonamides is 1. The van der Waals surface area contributed by atoms with Crippen molar-refractivity contribution in [3.8, 4) is 0 Å². The van der Waals surface area contributed by atoms with Crippen molar-refractivity contribution in [2.75, 3.05) is 7.11 Å². The van der Waals surface area contributed by atoms with Crippen LogP contribution in [0.2, 0.25) is 10.0 Å². The molecule has 1 aromatic carbocycles. The number of esters is 1. The maximum absolute atomic E-state index is 12.8. The minimum Gasteiger partial charge on any atom is -0.468 e. The number of hydrogen-bond donors (Lipinski definition) is 1.